The summed E-state index contributed by atoms with van der Waals surface area (Å²) in [6.07, 6.45) is 7.48. The van der Waals surface area contributed by atoms with Gasteiger partial charge in [-0.3, -0.25) is 24.2 Å². The molecule has 1 aromatic heterocycles. The van der Waals surface area contributed by atoms with Gasteiger partial charge in [0.1, 0.15) is 30.2 Å². The number of rotatable bonds is 19. The largest absolute Gasteiger partial charge is 0.446 e. The van der Waals surface area contributed by atoms with E-state index in [1.807, 2.05) is 30.3 Å². The number of carbonyl (C=O) groups is 4. The third-order valence-corrected chi connectivity index (χ3v) is 8.88. The third-order valence-electron chi connectivity index (χ3n) is 8.88. The Hall–Kier alpha value is -5.31. The lowest BCUT2D eigenvalue weighted by molar-refractivity contribution is -0.130. The predicted octanol–water partition coefficient (Wildman–Crippen LogP) is 2.36. The molecule has 1 saturated carbocycles. The van der Waals surface area contributed by atoms with Crippen molar-refractivity contribution in [2.75, 3.05) is 20.1 Å². The van der Waals surface area contributed by atoms with E-state index in [4.69, 9.17) is 15.9 Å². The minimum absolute atomic E-state index is 0.0332. The summed E-state index contributed by atoms with van der Waals surface area (Å²) in [4.78, 5) is 61.9. The number of nitrogens with zero attached hydrogens (tertiary/aromatic N) is 2. The van der Waals surface area contributed by atoms with Gasteiger partial charge in [0, 0.05) is 19.5 Å². The summed E-state index contributed by atoms with van der Waals surface area (Å²) in [7, 11) is 1.63. The van der Waals surface area contributed by atoms with Gasteiger partial charge in [0.25, 0.3) is 5.91 Å². The monoisotopic (exact) mass is 719 g/mol. The van der Waals surface area contributed by atoms with E-state index < -0.39 is 35.8 Å². The van der Waals surface area contributed by atoms with Crippen molar-refractivity contribution < 1.29 is 28.0 Å². The molecule has 4 rings (SSSR count). The average molecular weight is 720 g/mol. The summed E-state index contributed by atoms with van der Waals surface area (Å²) >= 11 is 0. The average Bonchev–Trinajstić information content (AvgIpc) is 3.64. The van der Waals surface area contributed by atoms with Crippen LogP contribution in [0.15, 0.2) is 70.3 Å². The van der Waals surface area contributed by atoms with Gasteiger partial charge in [0.05, 0.1) is 6.54 Å². The molecular formula is C37H50FN9O5. The predicted molar refractivity (Wildman–Crippen MR) is 194 cm³/mol. The van der Waals surface area contributed by atoms with Crippen LogP contribution < -0.4 is 38.1 Å². The Balaban J connectivity index is 1.50. The summed E-state index contributed by atoms with van der Waals surface area (Å²) in [6.45, 7) is 0.578. The van der Waals surface area contributed by atoms with Crippen LogP contribution in [0.4, 0.5) is 4.39 Å². The normalized spacial score (nSPS) is 14.7. The zero-order chi connectivity index (χ0) is 37.3. The Morgan fingerprint density at radius 1 is 0.923 bits per heavy atom. The highest BCUT2D eigenvalue weighted by Crippen LogP contribution is 2.28. The Morgan fingerprint density at radius 3 is 2.35 bits per heavy atom. The van der Waals surface area contributed by atoms with Crippen LogP contribution in [-0.2, 0) is 27.3 Å². The topological polar surface area (TPSA) is 219 Å². The summed E-state index contributed by atoms with van der Waals surface area (Å²) in [5.41, 5.74) is 12.5. The Kier molecular flexibility index (Phi) is 15.6. The van der Waals surface area contributed by atoms with Crippen molar-refractivity contribution in [3.05, 3.63) is 89.4 Å². The molecule has 1 fully saturated rings. The molecule has 52 heavy (non-hydrogen) atoms. The van der Waals surface area contributed by atoms with Crippen molar-refractivity contribution in [3.63, 3.8) is 0 Å². The molecule has 280 valence electrons. The van der Waals surface area contributed by atoms with Gasteiger partial charge in [-0.15, -0.1) is 0 Å². The van der Waals surface area contributed by atoms with Crippen LogP contribution >= 0.6 is 0 Å². The summed E-state index contributed by atoms with van der Waals surface area (Å²) in [6, 6.07) is 12.6. The lowest BCUT2D eigenvalue weighted by Crippen LogP contribution is -2.54. The van der Waals surface area contributed by atoms with E-state index in [0.29, 0.717) is 18.4 Å². The maximum absolute atomic E-state index is 13.9. The Labute approximate surface area is 303 Å². The molecule has 3 aromatic rings. The molecule has 1 heterocycles. The van der Waals surface area contributed by atoms with Crippen LogP contribution in [0.5, 0.6) is 0 Å². The number of aromatic nitrogens is 1. The first kappa shape index (κ1) is 39.5. The number of amides is 4. The fraction of sp³-hybridized carbons (Fsp3) is 0.459. The zero-order valence-electron chi connectivity index (χ0n) is 29.5. The molecule has 1 aliphatic carbocycles. The maximum Gasteiger partial charge on any atom is 0.273 e. The molecule has 0 unspecified atom stereocenters. The highest BCUT2D eigenvalue weighted by molar-refractivity contribution is 5.97. The van der Waals surface area contributed by atoms with E-state index >= 15 is 0 Å². The van der Waals surface area contributed by atoms with Gasteiger partial charge in [0.2, 0.25) is 23.6 Å². The van der Waals surface area contributed by atoms with Crippen LogP contribution in [0.1, 0.15) is 84.9 Å². The number of benzene rings is 2. The molecule has 3 atom stereocenters. The molecular weight excluding hydrogens is 669 g/mol. The van der Waals surface area contributed by atoms with Gasteiger partial charge >= 0.3 is 0 Å². The molecule has 0 radical (unpaired) electrons. The molecule has 0 bridgehead atoms. The van der Waals surface area contributed by atoms with Gasteiger partial charge in [-0.2, -0.15) is 0 Å². The van der Waals surface area contributed by atoms with Crippen LogP contribution in [0.3, 0.4) is 0 Å². The number of nitrogens with one attached hydrogen (secondary N) is 5. The van der Waals surface area contributed by atoms with E-state index in [0.717, 1.165) is 37.7 Å². The van der Waals surface area contributed by atoms with Crippen LogP contribution in [0.25, 0.3) is 0 Å². The van der Waals surface area contributed by atoms with Gasteiger partial charge in [0.15, 0.2) is 11.7 Å². The van der Waals surface area contributed by atoms with Gasteiger partial charge in [-0.25, -0.2) is 9.37 Å². The Morgan fingerprint density at radius 2 is 1.65 bits per heavy atom. The number of oxazole rings is 1. The minimum Gasteiger partial charge on any atom is -0.446 e. The van der Waals surface area contributed by atoms with E-state index in [9.17, 15) is 23.6 Å². The Bertz CT molecular complexity index is 1620. The molecule has 0 spiro atoms. The number of halogens is 1. The van der Waals surface area contributed by atoms with Crippen LogP contribution in [0.2, 0.25) is 0 Å². The van der Waals surface area contributed by atoms with Gasteiger partial charge < -0.3 is 42.5 Å². The number of hydrogen-bond acceptors (Lipinski definition) is 8. The lowest BCUT2D eigenvalue weighted by Gasteiger charge is -2.28. The van der Waals surface area contributed by atoms with E-state index in [-0.39, 0.29) is 67.8 Å². The van der Waals surface area contributed by atoms with Gasteiger partial charge in [-0.05, 0) is 55.5 Å². The highest BCUT2D eigenvalue weighted by atomic mass is 19.1. The third kappa shape index (κ3) is 13.1. The fourth-order valence-electron chi connectivity index (χ4n) is 6.19. The second-order valence-electron chi connectivity index (χ2n) is 13.0. The smallest absolute Gasteiger partial charge is 0.273 e. The molecule has 4 amide bonds. The van der Waals surface area contributed by atoms with Crippen molar-refractivity contribution in [3.8, 4) is 0 Å². The first-order valence-electron chi connectivity index (χ1n) is 17.7. The standard InChI is InChI=1S/C37H50FN9O5/c1-41-22-32(48)44-30(20-25-14-16-27(38)17-15-25)36-47-31(23-52-36)35(51)46-29(19-24-9-4-2-5-10-24)34(50)45-28(13-8-18-42-37(39)40)33(49)43-21-26-11-6-3-7-12-26/h3,6-7,11-12,14-17,23-24,28-30,41H,2,4-5,8-10,13,18-22H2,1H3,(H,43,49)(H,44,48)(H,45,50)(H,46,51)(H4,39,40,42)/t28-,29-,30-/m0/s1. The van der Waals surface area contributed by atoms with E-state index in [1.165, 1.54) is 18.4 Å². The van der Waals surface area contributed by atoms with E-state index in [2.05, 4.69) is 36.6 Å². The molecule has 1 aliphatic rings. The number of guanidine groups is 1. The zero-order valence-corrected chi connectivity index (χ0v) is 29.5. The number of aliphatic imine (C=N–C) groups is 1. The lowest BCUT2D eigenvalue weighted by atomic mass is 9.84. The number of likely N-dealkylation sites (N-methyl/N-ethyl adjacent to an activating group) is 1. The SMILES string of the molecule is CNCC(=O)N[C@@H](Cc1ccc(F)cc1)c1nc(C(=O)N[C@@H](CC2CCCCC2)C(=O)N[C@@H](CCCN=C(N)N)C(=O)NCc2ccccc2)co1. The second kappa shape index (κ2) is 20.5. The van der Waals surface area contributed by atoms with Gasteiger partial charge in [-0.1, -0.05) is 74.6 Å². The quantitative estimate of drug-likeness (QED) is 0.0549. The molecule has 9 N–H and O–H groups in total. The first-order valence-corrected chi connectivity index (χ1v) is 17.7. The number of nitrogens with two attached hydrogens (primary N) is 2. The fourth-order valence-corrected chi connectivity index (χ4v) is 6.19. The van der Waals surface area contributed by atoms with E-state index in [1.54, 1.807) is 19.2 Å². The summed E-state index contributed by atoms with van der Waals surface area (Å²) in [5.74, 6) is -2.05. The second-order valence-corrected chi connectivity index (χ2v) is 13.0. The van der Waals surface area contributed by atoms with Crippen molar-refractivity contribution in [2.24, 2.45) is 22.4 Å². The highest BCUT2D eigenvalue weighted by Gasteiger charge is 2.31. The van der Waals surface area contributed by atoms with Crippen LogP contribution in [0, 0.1) is 11.7 Å². The van der Waals surface area contributed by atoms with Crippen molar-refractivity contribution in [1.82, 2.24) is 31.6 Å². The molecule has 0 aliphatic heterocycles. The van der Waals surface area contributed by atoms with Crippen molar-refractivity contribution >= 4 is 29.6 Å². The molecule has 2 aromatic carbocycles. The summed E-state index contributed by atoms with van der Waals surface area (Å²) in [5, 5.41) is 14.2. The first-order chi connectivity index (χ1) is 25.1. The maximum atomic E-state index is 13.9. The van der Waals surface area contributed by atoms with Crippen LogP contribution in [-0.4, -0.2) is 66.8 Å². The minimum atomic E-state index is -0.969. The molecule has 15 heteroatoms. The molecule has 14 nitrogen and oxygen atoms in total. The number of hydrogen-bond donors (Lipinski definition) is 7. The van der Waals surface area contributed by atoms with Crippen molar-refractivity contribution in [2.45, 2.75) is 82.5 Å². The summed E-state index contributed by atoms with van der Waals surface area (Å²) < 4.78 is 19.2. The number of carbonyl (C=O) groups excluding carboxylic acids is 4. The molecule has 0 saturated heterocycles. The van der Waals surface area contributed by atoms with Crippen molar-refractivity contribution in [1.29, 1.82) is 0 Å².